The van der Waals surface area contributed by atoms with Crippen molar-refractivity contribution in [2.75, 3.05) is 25.4 Å². The first-order chi connectivity index (χ1) is 13.7. The van der Waals surface area contributed by atoms with Gasteiger partial charge in [0, 0.05) is 30.8 Å². The van der Waals surface area contributed by atoms with Crippen LogP contribution in [0.4, 0.5) is 10.3 Å². The number of piperidine rings is 1. The average molecular weight is 376 g/mol. The molecule has 4 rings (SSSR count). The molecule has 4 nitrogen and oxygen atoms in total. The van der Waals surface area contributed by atoms with Gasteiger partial charge in [-0.05, 0) is 49.1 Å². The first-order valence-corrected chi connectivity index (χ1v) is 9.83. The van der Waals surface area contributed by atoms with Crippen LogP contribution in [-0.2, 0) is 6.42 Å². The lowest BCUT2D eigenvalue weighted by Gasteiger charge is -2.33. The molecule has 1 atom stereocenters. The van der Waals surface area contributed by atoms with Crippen molar-refractivity contribution >= 4 is 5.95 Å². The number of nitrogens with zero attached hydrogens (tertiary/aromatic N) is 3. The molecule has 1 saturated heterocycles. The van der Waals surface area contributed by atoms with Gasteiger partial charge in [0.1, 0.15) is 5.82 Å². The second-order valence-electron chi connectivity index (χ2n) is 7.41. The van der Waals surface area contributed by atoms with Crippen LogP contribution in [0.2, 0.25) is 0 Å². The van der Waals surface area contributed by atoms with Gasteiger partial charge in [-0.15, -0.1) is 0 Å². The summed E-state index contributed by atoms with van der Waals surface area (Å²) in [5.74, 6) is 0.290. The van der Waals surface area contributed by atoms with Crippen LogP contribution in [-0.4, -0.2) is 34.5 Å². The number of nitrogen functional groups attached to an aromatic ring is 1. The molecule has 1 fully saturated rings. The Hall–Kier alpha value is -2.79. The van der Waals surface area contributed by atoms with E-state index < -0.39 is 0 Å². The van der Waals surface area contributed by atoms with Gasteiger partial charge in [-0.3, -0.25) is 0 Å². The number of anilines is 1. The lowest BCUT2D eigenvalue weighted by molar-refractivity contribution is 0.208. The summed E-state index contributed by atoms with van der Waals surface area (Å²) >= 11 is 0. The minimum Gasteiger partial charge on any atom is -0.368 e. The Morgan fingerprint density at radius 3 is 2.79 bits per heavy atom. The lowest BCUT2D eigenvalue weighted by atomic mass is 9.89. The predicted molar refractivity (Wildman–Crippen MR) is 110 cm³/mol. The van der Waals surface area contributed by atoms with Crippen molar-refractivity contribution in [3.63, 3.8) is 0 Å². The van der Waals surface area contributed by atoms with Crippen LogP contribution in [0.5, 0.6) is 0 Å². The molecule has 28 heavy (non-hydrogen) atoms. The Balaban J connectivity index is 1.54. The van der Waals surface area contributed by atoms with Crippen LogP contribution in [0.1, 0.15) is 30.0 Å². The maximum atomic E-state index is 13.8. The highest BCUT2D eigenvalue weighted by Crippen LogP contribution is 2.33. The zero-order valence-electron chi connectivity index (χ0n) is 15.9. The van der Waals surface area contributed by atoms with E-state index in [1.165, 1.54) is 17.7 Å². The fourth-order valence-electron chi connectivity index (χ4n) is 4.01. The number of nitrogens with two attached hydrogens (primary N) is 1. The standard InChI is InChI=1S/C23H25FN4/c24-20-10-4-8-18(14-20)21-15-26-23(25)27-22(21)19-9-5-12-28(16-19)13-11-17-6-2-1-3-7-17/h1-4,6-8,10,14-15,19H,5,9,11-13,16H2,(H2,25,26,27)/t19-/m0/s1. The minimum absolute atomic E-state index is 0.256. The first kappa shape index (κ1) is 18.6. The highest BCUT2D eigenvalue weighted by molar-refractivity contribution is 5.66. The quantitative estimate of drug-likeness (QED) is 0.722. The summed E-state index contributed by atoms with van der Waals surface area (Å²) in [4.78, 5) is 11.2. The van der Waals surface area contributed by atoms with Gasteiger partial charge in [0.25, 0.3) is 0 Å². The number of rotatable bonds is 5. The van der Waals surface area contributed by atoms with E-state index in [1.54, 1.807) is 12.3 Å². The van der Waals surface area contributed by atoms with Crippen molar-refractivity contribution in [2.24, 2.45) is 0 Å². The van der Waals surface area contributed by atoms with Crippen molar-refractivity contribution in [2.45, 2.75) is 25.2 Å². The third-order valence-corrected chi connectivity index (χ3v) is 5.42. The molecule has 2 heterocycles. The molecule has 0 saturated carbocycles. The molecule has 0 spiro atoms. The van der Waals surface area contributed by atoms with Crippen molar-refractivity contribution in [3.05, 3.63) is 77.9 Å². The van der Waals surface area contributed by atoms with E-state index in [9.17, 15) is 4.39 Å². The number of benzene rings is 2. The zero-order chi connectivity index (χ0) is 19.3. The van der Waals surface area contributed by atoms with Gasteiger partial charge < -0.3 is 10.6 Å². The fraction of sp³-hybridized carbons (Fsp3) is 0.304. The molecule has 0 amide bonds. The Morgan fingerprint density at radius 1 is 1.11 bits per heavy atom. The van der Waals surface area contributed by atoms with Crippen molar-refractivity contribution < 1.29 is 4.39 Å². The number of aromatic nitrogens is 2. The molecule has 144 valence electrons. The maximum absolute atomic E-state index is 13.8. The number of halogens is 1. The second-order valence-corrected chi connectivity index (χ2v) is 7.41. The molecule has 0 radical (unpaired) electrons. The SMILES string of the molecule is Nc1ncc(-c2cccc(F)c2)c([C@H]2CCCN(CCc3ccccc3)C2)n1. The van der Waals surface area contributed by atoms with E-state index in [2.05, 4.69) is 39.1 Å². The van der Waals surface area contributed by atoms with Gasteiger partial charge in [0.15, 0.2) is 0 Å². The van der Waals surface area contributed by atoms with Crippen molar-refractivity contribution in [1.82, 2.24) is 14.9 Å². The maximum Gasteiger partial charge on any atom is 0.220 e. The molecule has 0 bridgehead atoms. The number of likely N-dealkylation sites (tertiary alicyclic amines) is 1. The number of hydrogen-bond donors (Lipinski definition) is 1. The summed E-state index contributed by atoms with van der Waals surface area (Å²) in [6, 6.07) is 17.2. The average Bonchev–Trinajstić information content (AvgIpc) is 2.73. The number of hydrogen-bond acceptors (Lipinski definition) is 4. The van der Waals surface area contributed by atoms with Gasteiger partial charge in [0.05, 0.1) is 5.69 Å². The molecule has 3 aromatic rings. The van der Waals surface area contributed by atoms with E-state index in [1.807, 2.05) is 12.1 Å². The van der Waals surface area contributed by atoms with Gasteiger partial charge in [-0.1, -0.05) is 42.5 Å². The van der Waals surface area contributed by atoms with Gasteiger partial charge >= 0.3 is 0 Å². The summed E-state index contributed by atoms with van der Waals surface area (Å²) < 4.78 is 13.8. The van der Waals surface area contributed by atoms with Crippen LogP contribution >= 0.6 is 0 Å². The Bertz CT molecular complexity index is 929. The Kier molecular flexibility index (Phi) is 5.63. The summed E-state index contributed by atoms with van der Waals surface area (Å²) in [7, 11) is 0. The molecule has 2 N–H and O–H groups in total. The predicted octanol–water partition coefficient (Wildman–Crippen LogP) is 4.29. The molecule has 1 aromatic heterocycles. The molecule has 0 unspecified atom stereocenters. The normalized spacial score (nSPS) is 17.5. The highest BCUT2D eigenvalue weighted by Gasteiger charge is 2.25. The minimum atomic E-state index is -0.256. The summed E-state index contributed by atoms with van der Waals surface area (Å²) in [5, 5.41) is 0. The van der Waals surface area contributed by atoms with E-state index in [0.29, 0.717) is 0 Å². The van der Waals surface area contributed by atoms with Gasteiger partial charge in [0.2, 0.25) is 5.95 Å². The molecule has 0 aliphatic carbocycles. The highest BCUT2D eigenvalue weighted by atomic mass is 19.1. The van der Waals surface area contributed by atoms with Crippen LogP contribution in [0.3, 0.4) is 0 Å². The fourth-order valence-corrected chi connectivity index (χ4v) is 4.01. The molecular formula is C23H25FN4. The van der Waals surface area contributed by atoms with Crippen LogP contribution in [0.15, 0.2) is 60.8 Å². The summed E-state index contributed by atoms with van der Waals surface area (Å²) in [6.45, 7) is 3.06. The van der Waals surface area contributed by atoms with Crippen LogP contribution in [0, 0.1) is 5.82 Å². The molecule has 1 aliphatic rings. The third kappa shape index (κ3) is 4.37. The summed E-state index contributed by atoms with van der Waals surface area (Å²) in [5.41, 5.74) is 9.87. The van der Waals surface area contributed by atoms with Crippen molar-refractivity contribution in [1.29, 1.82) is 0 Å². The van der Waals surface area contributed by atoms with Crippen LogP contribution < -0.4 is 5.73 Å². The molecular weight excluding hydrogens is 351 g/mol. The van der Waals surface area contributed by atoms with Crippen LogP contribution in [0.25, 0.3) is 11.1 Å². The monoisotopic (exact) mass is 376 g/mol. The topological polar surface area (TPSA) is 55.0 Å². The molecule has 1 aliphatic heterocycles. The van der Waals surface area contributed by atoms with Gasteiger partial charge in [-0.2, -0.15) is 0 Å². The third-order valence-electron chi connectivity index (χ3n) is 5.42. The largest absolute Gasteiger partial charge is 0.368 e. The van der Waals surface area contributed by atoms with E-state index in [-0.39, 0.29) is 17.7 Å². The smallest absolute Gasteiger partial charge is 0.220 e. The Labute approximate surface area is 165 Å². The lowest BCUT2D eigenvalue weighted by Crippen LogP contribution is -2.36. The molecule has 5 heteroatoms. The van der Waals surface area contributed by atoms with E-state index >= 15 is 0 Å². The van der Waals surface area contributed by atoms with Gasteiger partial charge in [-0.25, -0.2) is 14.4 Å². The molecule has 2 aromatic carbocycles. The second kappa shape index (κ2) is 8.48. The Morgan fingerprint density at radius 2 is 1.96 bits per heavy atom. The van der Waals surface area contributed by atoms with E-state index in [0.717, 1.165) is 55.7 Å². The summed E-state index contributed by atoms with van der Waals surface area (Å²) in [6.07, 6.45) is 4.94. The first-order valence-electron chi connectivity index (χ1n) is 9.83. The van der Waals surface area contributed by atoms with Crippen molar-refractivity contribution in [3.8, 4) is 11.1 Å². The van der Waals surface area contributed by atoms with E-state index in [4.69, 9.17) is 5.73 Å². The zero-order valence-corrected chi connectivity index (χ0v) is 15.9.